The number of hydrogen-bond acceptors (Lipinski definition) is 0. The molecule has 0 bridgehead atoms. The van der Waals surface area contributed by atoms with E-state index in [1.54, 1.807) is 5.57 Å². The van der Waals surface area contributed by atoms with Crippen LogP contribution in [-0.4, -0.2) is 0 Å². The topological polar surface area (TPSA) is 0 Å². The first-order valence-corrected chi connectivity index (χ1v) is 5.14. The van der Waals surface area contributed by atoms with Crippen molar-refractivity contribution >= 4 is 0 Å². The van der Waals surface area contributed by atoms with Crippen LogP contribution in [0.15, 0.2) is 23.8 Å². The molecule has 0 aromatic heterocycles. The van der Waals surface area contributed by atoms with Crippen LogP contribution in [-0.2, 0) is 0 Å². The molecule has 1 unspecified atom stereocenters. The first-order chi connectivity index (χ1) is 5.77. The lowest BCUT2D eigenvalue weighted by atomic mass is 9.72. The van der Waals surface area contributed by atoms with Crippen LogP contribution in [0.5, 0.6) is 0 Å². The van der Waals surface area contributed by atoms with Gasteiger partial charge >= 0.3 is 0 Å². The van der Waals surface area contributed by atoms with Gasteiger partial charge in [-0.2, -0.15) is 0 Å². The molecule has 1 saturated carbocycles. The summed E-state index contributed by atoms with van der Waals surface area (Å²) in [4.78, 5) is 0. The van der Waals surface area contributed by atoms with Gasteiger partial charge in [0.25, 0.3) is 0 Å². The van der Waals surface area contributed by atoms with Crippen LogP contribution in [0, 0.1) is 11.8 Å². The molecule has 1 fully saturated rings. The van der Waals surface area contributed by atoms with E-state index in [9.17, 15) is 0 Å². The lowest BCUT2D eigenvalue weighted by Crippen LogP contribution is -2.20. The van der Waals surface area contributed by atoms with E-state index in [4.69, 9.17) is 0 Å². The number of fused-ring (bicyclic) bond motifs is 1. The summed E-state index contributed by atoms with van der Waals surface area (Å²) in [5.41, 5.74) is 3.19. The Morgan fingerprint density at radius 1 is 1.42 bits per heavy atom. The highest BCUT2D eigenvalue weighted by Crippen LogP contribution is 2.41. The third-order valence-corrected chi connectivity index (χ3v) is 3.39. The molecule has 2 aliphatic carbocycles. The van der Waals surface area contributed by atoms with E-state index in [0.29, 0.717) is 0 Å². The van der Waals surface area contributed by atoms with Gasteiger partial charge < -0.3 is 0 Å². The number of hydrogen-bond donors (Lipinski definition) is 0. The van der Waals surface area contributed by atoms with Crippen molar-refractivity contribution in [2.75, 3.05) is 0 Å². The Morgan fingerprint density at radius 2 is 2.25 bits per heavy atom. The van der Waals surface area contributed by atoms with Crippen molar-refractivity contribution in [2.45, 2.75) is 39.0 Å². The van der Waals surface area contributed by atoms with Gasteiger partial charge in [0.05, 0.1) is 0 Å². The first kappa shape index (κ1) is 8.10. The molecule has 0 aromatic rings. The molecule has 0 N–H and O–H groups in total. The van der Waals surface area contributed by atoms with Gasteiger partial charge in [0.1, 0.15) is 0 Å². The fourth-order valence-electron chi connectivity index (χ4n) is 2.69. The molecule has 12 heavy (non-hydrogen) atoms. The highest BCUT2D eigenvalue weighted by atomic mass is 14.3. The molecule has 2 rings (SSSR count). The van der Waals surface area contributed by atoms with Gasteiger partial charge in [-0.3, -0.25) is 0 Å². The van der Waals surface area contributed by atoms with Crippen LogP contribution in [0.2, 0.25) is 0 Å². The summed E-state index contributed by atoms with van der Waals surface area (Å²) in [5.74, 6) is 1.73. The van der Waals surface area contributed by atoms with Crippen LogP contribution in [0.3, 0.4) is 0 Å². The molecule has 0 saturated heterocycles. The predicted molar refractivity (Wildman–Crippen MR) is 53.0 cm³/mol. The Balaban J connectivity index is 2.19. The third-order valence-electron chi connectivity index (χ3n) is 3.39. The zero-order chi connectivity index (χ0) is 8.55. The summed E-state index contributed by atoms with van der Waals surface area (Å²) in [6.45, 7) is 6.47. The van der Waals surface area contributed by atoms with Crippen LogP contribution in [0.4, 0.5) is 0 Å². The van der Waals surface area contributed by atoms with Crippen molar-refractivity contribution < 1.29 is 0 Å². The van der Waals surface area contributed by atoms with Crippen LogP contribution >= 0.6 is 0 Å². The summed E-state index contributed by atoms with van der Waals surface area (Å²) in [5, 5.41) is 0. The van der Waals surface area contributed by atoms with E-state index >= 15 is 0 Å². The smallest absolute Gasteiger partial charge is 0.0138 e. The Kier molecular flexibility index (Phi) is 2.08. The molecule has 0 heteroatoms. The molecule has 0 heterocycles. The maximum atomic E-state index is 4.09. The van der Waals surface area contributed by atoms with Crippen molar-refractivity contribution in [2.24, 2.45) is 11.8 Å². The summed E-state index contributed by atoms with van der Waals surface area (Å²) in [6.07, 6.45) is 9.12. The van der Waals surface area contributed by atoms with Crippen LogP contribution < -0.4 is 0 Å². The summed E-state index contributed by atoms with van der Waals surface area (Å²) >= 11 is 0. The quantitative estimate of drug-likeness (QED) is 0.476. The van der Waals surface area contributed by atoms with Crippen molar-refractivity contribution in [3.05, 3.63) is 23.8 Å². The van der Waals surface area contributed by atoms with E-state index in [1.165, 1.54) is 31.3 Å². The highest BCUT2D eigenvalue weighted by molar-refractivity contribution is 5.23. The third kappa shape index (κ3) is 1.35. The van der Waals surface area contributed by atoms with E-state index in [2.05, 4.69) is 19.6 Å². The molecule has 66 valence electrons. The Bertz CT molecular complexity index is 222. The van der Waals surface area contributed by atoms with Crippen molar-refractivity contribution in [1.82, 2.24) is 0 Å². The molecular formula is C12H18. The van der Waals surface area contributed by atoms with Gasteiger partial charge in [-0.1, -0.05) is 37.1 Å². The maximum absolute atomic E-state index is 4.09. The van der Waals surface area contributed by atoms with Gasteiger partial charge in [0, 0.05) is 0 Å². The standard InChI is InChI=1S/C12H18/c1-9-6-7-12-10(2)4-3-5-11(12)8-9/h7,10-11H,1,3-6,8H2,2H3/t10-,11?/m0/s1. The molecule has 2 atom stereocenters. The fourth-order valence-corrected chi connectivity index (χ4v) is 2.69. The summed E-state index contributed by atoms with van der Waals surface area (Å²) in [6, 6.07) is 0. The molecule has 0 spiro atoms. The Labute approximate surface area is 75.4 Å². The van der Waals surface area contributed by atoms with E-state index in [1.807, 2.05) is 0 Å². The minimum Gasteiger partial charge on any atom is -0.0995 e. The second-order valence-corrected chi connectivity index (χ2v) is 4.39. The van der Waals surface area contributed by atoms with Gasteiger partial charge in [-0.05, 0) is 37.5 Å². The predicted octanol–water partition coefficient (Wildman–Crippen LogP) is 3.70. The van der Waals surface area contributed by atoms with E-state index in [0.717, 1.165) is 18.3 Å². The monoisotopic (exact) mass is 162 g/mol. The number of rotatable bonds is 0. The second kappa shape index (κ2) is 3.08. The molecule has 0 aromatic carbocycles. The average Bonchev–Trinajstić information content (AvgIpc) is 2.04. The van der Waals surface area contributed by atoms with Crippen LogP contribution in [0.25, 0.3) is 0 Å². The SMILES string of the molecule is C=C1CC=C2C(CCC[C@@H]2C)C1. The molecule has 2 aliphatic rings. The molecular weight excluding hydrogens is 144 g/mol. The Hall–Kier alpha value is -0.520. The average molecular weight is 162 g/mol. The number of allylic oxidation sites excluding steroid dienone is 3. The normalized spacial score (nSPS) is 35.8. The largest absolute Gasteiger partial charge is 0.0995 e. The van der Waals surface area contributed by atoms with Gasteiger partial charge in [0.2, 0.25) is 0 Å². The van der Waals surface area contributed by atoms with Gasteiger partial charge in [-0.25, -0.2) is 0 Å². The van der Waals surface area contributed by atoms with Gasteiger partial charge in [0.15, 0.2) is 0 Å². The van der Waals surface area contributed by atoms with E-state index < -0.39 is 0 Å². The van der Waals surface area contributed by atoms with E-state index in [-0.39, 0.29) is 0 Å². The summed E-state index contributed by atoms with van der Waals surface area (Å²) < 4.78 is 0. The lowest BCUT2D eigenvalue weighted by Gasteiger charge is -2.34. The molecule has 0 nitrogen and oxygen atoms in total. The molecule has 0 radical (unpaired) electrons. The van der Waals surface area contributed by atoms with Crippen molar-refractivity contribution in [1.29, 1.82) is 0 Å². The molecule has 0 amide bonds. The Morgan fingerprint density at radius 3 is 3.08 bits per heavy atom. The highest BCUT2D eigenvalue weighted by Gasteiger charge is 2.26. The van der Waals surface area contributed by atoms with Gasteiger partial charge in [-0.15, -0.1) is 0 Å². The summed E-state index contributed by atoms with van der Waals surface area (Å²) in [7, 11) is 0. The zero-order valence-corrected chi connectivity index (χ0v) is 7.97. The van der Waals surface area contributed by atoms with Crippen LogP contribution in [0.1, 0.15) is 39.0 Å². The zero-order valence-electron chi connectivity index (χ0n) is 7.97. The minimum atomic E-state index is 0.858. The van der Waals surface area contributed by atoms with Crippen molar-refractivity contribution in [3.8, 4) is 0 Å². The first-order valence-electron chi connectivity index (χ1n) is 5.14. The minimum absolute atomic E-state index is 0.858. The lowest BCUT2D eigenvalue weighted by molar-refractivity contribution is 0.371. The maximum Gasteiger partial charge on any atom is -0.0138 e. The van der Waals surface area contributed by atoms with Crippen molar-refractivity contribution in [3.63, 3.8) is 0 Å². The molecule has 0 aliphatic heterocycles. The fraction of sp³-hybridized carbons (Fsp3) is 0.667. The second-order valence-electron chi connectivity index (χ2n) is 4.39.